The third kappa shape index (κ3) is 4.20. The Labute approximate surface area is 224 Å². The van der Waals surface area contributed by atoms with Gasteiger partial charge in [0.15, 0.2) is 16.9 Å². The molecule has 1 aliphatic rings. The second kappa shape index (κ2) is 9.72. The van der Waals surface area contributed by atoms with E-state index in [4.69, 9.17) is 13.9 Å². The van der Waals surface area contributed by atoms with Crippen molar-refractivity contribution >= 4 is 22.8 Å². The summed E-state index contributed by atoms with van der Waals surface area (Å²) < 4.78 is 17.8. The first-order valence-electron chi connectivity index (χ1n) is 12.5. The van der Waals surface area contributed by atoms with Crippen molar-refractivity contribution in [3.05, 3.63) is 123 Å². The van der Waals surface area contributed by atoms with Crippen molar-refractivity contribution in [2.45, 2.75) is 26.5 Å². The number of ether oxygens (including phenoxy) is 2. The summed E-state index contributed by atoms with van der Waals surface area (Å²) in [4.78, 5) is 37.7. The van der Waals surface area contributed by atoms with Gasteiger partial charge in [0, 0.05) is 12.4 Å². The lowest BCUT2D eigenvalue weighted by Gasteiger charge is -2.24. The van der Waals surface area contributed by atoms with Crippen LogP contribution in [0.2, 0.25) is 0 Å². The van der Waals surface area contributed by atoms with Crippen LogP contribution < -0.4 is 19.8 Å². The zero-order valence-corrected chi connectivity index (χ0v) is 21.7. The van der Waals surface area contributed by atoms with Crippen LogP contribution in [-0.4, -0.2) is 23.0 Å². The fraction of sp³-hybridized carbons (Fsp3) is 0.161. The van der Waals surface area contributed by atoms with E-state index in [0.717, 1.165) is 16.7 Å². The molecule has 5 aromatic rings. The molecule has 0 spiro atoms. The van der Waals surface area contributed by atoms with E-state index in [1.165, 1.54) is 4.90 Å². The summed E-state index contributed by atoms with van der Waals surface area (Å²) in [6, 6.07) is 19.6. The minimum atomic E-state index is -0.825. The molecule has 0 fully saturated rings. The number of fused-ring (bicyclic) bond motifs is 2. The predicted octanol–water partition coefficient (Wildman–Crippen LogP) is 5.54. The second-order valence-corrected chi connectivity index (χ2v) is 9.42. The van der Waals surface area contributed by atoms with Crippen LogP contribution in [0.1, 0.15) is 44.4 Å². The van der Waals surface area contributed by atoms with Gasteiger partial charge in [-0.3, -0.25) is 14.5 Å². The van der Waals surface area contributed by atoms with E-state index in [2.05, 4.69) is 9.97 Å². The number of hydrogen-bond donors (Lipinski definition) is 0. The quantitative estimate of drug-likeness (QED) is 0.291. The Morgan fingerprint density at radius 1 is 0.897 bits per heavy atom. The topological polar surface area (TPSA) is 94.8 Å². The smallest absolute Gasteiger partial charge is 0.297 e. The van der Waals surface area contributed by atoms with Crippen LogP contribution in [0, 0.1) is 13.8 Å². The average molecular weight is 520 g/mol. The number of anilines is 1. The molecule has 6 rings (SSSR count). The van der Waals surface area contributed by atoms with Crippen LogP contribution in [0.5, 0.6) is 11.5 Å². The van der Waals surface area contributed by atoms with E-state index in [9.17, 15) is 9.59 Å². The van der Waals surface area contributed by atoms with Crippen LogP contribution in [0.15, 0.2) is 88.3 Å². The molecule has 0 N–H and O–H groups in total. The number of aryl methyl sites for hydroxylation is 2. The Balaban J connectivity index is 1.50. The molecule has 1 unspecified atom stereocenters. The maximum Gasteiger partial charge on any atom is 0.297 e. The standard InChI is InChI=1S/C31H25N3O5/c1-18-14-22-24(15-19(18)2)39-29-26(28(22)35)27(34(30(29)36)31-32-12-7-13-33-31)21-10-11-23(25(16-21)37-3)38-17-20-8-5-4-6-9-20/h4-16,27H,17H2,1-3H3. The van der Waals surface area contributed by atoms with Gasteiger partial charge in [0.2, 0.25) is 11.7 Å². The highest BCUT2D eigenvalue weighted by Crippen LogP contribution is 2.42. The molecule has 0 aliphatic carbocycles. The second-order valence-electron chi connectivity index (χ2n) is 9.42. The van der Waals surface area contributed by atoms with Gasteiger partial charge in [-0.25, -0.2) is 9.97 Å². The van der Waals surface area contributed by atoms with Gasteiger partial charge >= 0.3 is 0 Å². The predicted molar refractivity (Wildman–Crippen MR) is 146 cm³/mol. The van der Waals surface area contributed by atoms with Crippen molar-refractivity contribution < 1.29 is 18.7 Å². The monoisotopic (exact) mass is 519 g/mol. The molecule has 3 aromatic carbocycles. The highest BCUT2D eigenvalue weighted by molar-refractivity contribution is 6.09. The van der Waals surface area contributed by atoms with Crippen molar-refractivity contribution in [1.29, 1.82) is 0 Å². The first-order valence-corrected chi connectivity index (χ1v) is 12.5. The summed E-state index contributed by atoms with van der Waals surface area (Å²) in [6.45, 7) is 4.23. The molecule has 8 heteroatoms. The van der Waals surface area contributed by atoms with Crippen molar-refractivity contribution in [2.75, 3.05) is 12.0 Å². The highest BCUT2D eigenvalue weighted by atomic mass is 16.5. The molecule has 194 valence electrons. The van der Waals surface area contributed by atoms with Crippen LogP contribution >= 0.6 is 0 Å². The van der Waals surface area contributed by atoms with Crippen molar-refractivity contribution in [1.82, 2.24) is 9.97 Å². The fourth-order valence-electron chi connectivity index (χ4n) is 4.87. The van der Waals surface area contributed by atoms with E-state index in [0.29, 0.717) is 34.6 Å². The summed E-state index contributed by atoms with van der Waals surface area (Å²) in [7, 11) is 1.55. The molecule has 1 atom stereocenters. The lowest BCUT2D eigenvalue weighted by atomic mass is 9.97. The number of nitrogens with zero attached hydrogens (tertiary/aromatic N) is 3. The molecular weight excluding hydrogens is 494 g/mol. The van der Waals surface area contributed by atoms with Gasteiger partial charge in [-0.1, -0.05) is 36.4 Å². The molecule has 0 radical (unpaired) electrons. The number of hydrogen-bond acceptors (Lipinski definition) is 7. The summed E-state index contributed by atoms with van der Waals surface area (Å²) in [5, 5.41) is 0.417. The molecule has 1 amide bonds. The van der Waals surface area contributed by atoms with Gasteiger partial charge < -0.3 is 13.9 Å². The van der Waals surface area contributed by atoms with Crippen LogP contribution in [-0.2, 0) is 6.61 Å². The van der Waals surface area contributed by atoms with E-state index in [1.807, 2.05) is 50.2 Å². The summed E-state index contributed by atoms with van der Waals surface area (Å²) in [5.41, 5.74) is 3.91. The Bertz CT molecular complexity index is 1770. The molecule has 0 saturated carbocycles. The largest absolute Gasteiger partial charge is 0.493 e. The van der Waals surface area contributed by atoms with Crippen LogP contribution in [0.25, 0.3) is 11.0 Å². The maximum absolute atomic E-state index is 13.9. The van der Waals surface area contributed by atoms with E-state index < -0.39 is 11.9 Å². The zero-order valence-electron chi connectivity index (χ0n) is 21.7. The number of amides is 1. The zero-order chi connectivity index (χ0) is 27.1. The molecular formula is C31H25N3O5. The van der Waals surface area contributed by atoms with Crippen LogP contribution in [0.3, 0.4) is 0 Å². The Morgan fingerprint density at radius 3 is 2.38 bits per heavy atom. The number of rotatable bonds is 6. The minimum Gasteiger partial charge on any atom is -0.493 e. The van der Waals surface area contributed by atoms with Gasteiger partial charge in [-0.2, -0.15) is 0 Å². The number of methoxy groups -OCH3 is 1. The first-order chi connectivity index (χ1) is 19.0. The molecule has 0 bridgehead atoms. The third-order valence-electron chi connectivity index (χ3n) is 6.99. The Morgan fingerprint density at radius 2 is 1.64 bits per heavy atom. The van der Waals surface area contributed by atoms with Crippen LogP contribution in [0.4, 0.5) is 5.95 Å². The van der Waals surface area contributed by atoms with E-state index >= 15 is 0 Å². The molecule has 3 heterocycles. The van der Waals surface area contributed by atoms with Crippen molar-refractivity contribution in [2.24, 2.45) is 0 Å². The fourth-order valence-corrected chi connectivity index (χ4v) is 4.87. The SMILES string of the molecule is COc1cc(C2c3c(oc4cc(C)c(C)cc4c3=O)C(=O)N2c2ncccn2)ccc1OCc1ccccc1. The normalized spacial score (nSPS) is 14.5. The number of carbonyl (C=O) groups excluding carboxylic acids is 1. The third-order valence-corrected chi connectivity index (χ3v) is 6.99. The van der Waals surface area contributed by atoms with Gasteiger partial charge in [0.05, 0.1) is 24.1 Å². The van der Waals surface area contributed by atoms with E-state index in [1.54, 1.807) is 49.8 Å². The van der Waals surface area contributed by atoms with Gasteiger partial charge in [0.25, 0.3) is 5.91 Å². The van der Waals surface area contributed by atoms with Crippen molar-refractivity contribution in [3.8, 4) is 11.5 Å². The Kier molecular flexibility index (Phi) is 6.07. The Hall–Kier alpha value is -4.98. The number of aromatic nitrogens is 2. The van der Waals surface area contributed by atoms with Gasteiger partial charge in [0.1, 0.15) is 12.2 Å². The highest BCUT2D eigenvalue weighted by Gasteiger charge is 2.45. The number of carbonyl (C=O) groups is 1. The molecule has 0 saturated heterocycles. The van der Waals surface area contributed by atoms with Crippen molar-refractivity contribution in [3.63, 3.8) is 0 Å². The molecule has 39 heavy (non-hydrogen) atoms. The summed E-state index contributed by atoms with van der Waals surface area (Å²) in [5.74, 6) is 0.667. The minimum absolute atomic E-state index is 0.0171. The summed E-state index contributed by atoms with van der Waals surface area (Å²) >= 11 is 0. The average Bonchev–Trinajstić information content (AvgIpc) is 3.26. The summed E-state index contributed by atoms with van der Waals surface area (Å²) in [6.07, 6.45) is 3.10. The van der Waals surface area contributed by atoms with E-state index in [-0.39, 0.29) is 22.7 Å². The number of benzene rings is 3. The molecule has 1 aliphatic heterocycles. The van der Waals surface area contributed by atoms with Gasteiger partial charge in [-0.05, 0) is 66.4 Å². The molecule has 2 aromatic heterocycles. The van der Waals surface area contributed by atoms with Gasteiger partial charge in [-0.15, -0.1) is 0 Å². The first kappa shape index (κ1) is 24.4. The maximum atomic E-state index is 13.9. The lowest BCUT2D eigenvalue weighted by Crippen LogP contribution is -2.31. The lowest BCUT2D eigenvalue weighted by molar-refractivity contribution is 0.0969. The molecule has 8 nitrogen and oxygen atoms in total.